The number of nitrogens with two attached hydrogens (primary N) is 2. The Morgan fingerprint density at radius 1 is 1.64 bits per heavy atom. The summed E-state index contributed by atoms with van der Waals surface area (Å²) in [6.07, 6.45) is 1.14. The third kappa shape index (κ3) is 1.65. The molecule has 1 amide bonds. The fourth-order valence-corrected chi connectivity index (χ4v) is 0.900. The van der Waals surface area contributed by atoms with Gasteiger partial charge in [0.25, 0.3) is 0 Å². The fraction of sp³-hybridized carbons (Fsp3) is 0.286. The molecule has 0 aromatic carbocycles. The van der Waals surface area contributed by atoms with Gasteiger partial charge < -0.3 is 16.2 Å². The molecule has 7 nitrogen and oxygen atoms in total. The highest BCUT2D eigenvalue weighted by molar-refractivity contribution is 5.96. The quantitative estimate of drug-likeness (QED) is 0.626. The smallest absolute Gasteiger partial charge is 0.343 e. The van der Waals surface area contributed by atoms with Crippen molar-refractivity contribution in [2.24, 2.45) is 5.73 Å². The summed E-state index contributed by atoms with van der Waals surface area (Å²) in [5.74, 6) is -0.742. The molecule has 7 heteroatoms. The van der Waals surface area contributed by atoms with Crippen molar-refractivity contribution < 1.29 is 14.3 Å². The fourth-order valence-electron chi connectivity index (χ4n) is 0.900. The minimum Gasteiger partial charge on any atom is -0.462 e. The lowest BCUT2D eigenvalue weighted by Gasteiger charge is -2.00. The van der Waals surface area contributed by atoms with Crippen molar-refractivity contribution in [2.75, 3.05) is 12.3 Å². The second-order valence-electron chi connectivity index (χ2n) is 2.41. The maximum absolute atomic E-state index is 11.2. The molecule has 0 bridgehead atoms. The lowest BCUT2D eigenvalue weighted by Crippen LogP contribution is -2.23. The number of anilines is 1. The van der Waals surface area contributed by atoms with Crippen LogP contribution in [0.15, 0.2) is 6.20 Å². The van der Waals surface area contributed by atoms with Crippen LogP contribution < -0.4 is 11.5 Å². The molecule has 0 radical (unpaired) electrons. The van der Waals surface area contributed by atoms with Crippen molar-refractivity contribution in [3.8, 4) is 0 Å². The van der Waals surface area contributed by atoms with Crippen molar-refractivity contribution in [3.05, 3.63) is 11.8 Å². The van der Waals surface area contributed by atoms with E-state index in [9.17, 15) is 9.59 Å². The van der Waals surface area contributed by atoms with Crippen molar-refractivity contribution >= 4 is 17.8 Å². The molecule has 0 unspecified atom stereocenters. The standard InChI is InChI=1S/C7H10N4O3/c1-2-14-6(12)4-3-10-11(5(4)8)7(9)13/h3H,2,8H2,1H3,(H2,9,13). The lowest BCUT2D eigenvalue weighted by molar-refractivity contribution is 0.0527. The highest BCUT2D eigenvalue weighted by Gasteiger charge is 2.17. The molecule has 0 saturated carbocycles. The summed E-state index contributed by atoms with van der Waals surface area (Å²) in [5.41, 5.74) is 10.4. The number of nitrogens with zero attached hydrogens (tertiary/aromatic N) is 2. The Hall–Kier alpha value is -2.05. The SMILES string of the molecule is CCOC(=O)c1cnn(C(N)=O)c1N. The van der Waals surface area contributed by atoms with Crippen LogP contribution in [0.5, 0.6) is 0 Å². The van der Waals surface area contributed by atoms with Gasteiger partial charge in [0.1, 0.15) is 11.4 Å². The molecule has 1 aromatic rings. The van der Waals surface area contributed by atoms with E-state index in [-0.39, 0.29) is 18.0 Å². The Morgan fingerprint density at radius 2 is 2.29 bits per heavy atom. The zero-order valence-electron chi connectivity index (χ0n) is 7.56. The van der Waals surface area contributed by atoms with Crippen LogP contribution in [-0.2, 0) is 4.74 Å². The van der Waals surface area contributed by atoms with Gasteiger partial charge in [-0.1, -0.05) is 0 Å². The molecule has 1 aromatic heterocycles. The number of hydrogen-bond donors (Lipinski definition) is 2. The second-order valence-corrected chi connectivity index (χ2v) is 2.41. The van der Waals surface area contributed by atoms with Gasteiger partial charge in [0.15, 0.2) is 0 Å². The molecular formula is C7H10N4O3. The number of carbonyl (C=O) groups excluding carboxylic acids is 2. The largest absolute Gasteiger partial charge is 0.462 e. The molecule has 0 aliphatic carbocycles. The van der Waals surface area contributed by atoms with Crippen LogP contribution in [0.2, 0.25) is 0 Å². The minimum absolute atomic E-state index is 0.0330. The van der Waals surface area contributed by atoms with Crippen molar-refractivity contribution in [1.29, 1.82) is 0 Å². The Bertz CT molecular complexity index is 371. The van der Waals surface area contributed by atoms with Crippen LogP contribution in [0.1, 0.15) is 17.3 Å². The highest BCUT2D eigenvalue weighted by Crippen LogP contribution is 2.11. The van der Waals surface area contributed by atoms with Gasteiger partial charge >= 0.3 is 12.0 Å². The van der Waals surface area contributed by atoms with Gasteiger partial charge in [-0.15, -0.1) is 0 Å². The van der Waals surface area contributed by atoms with Crippen LogP contribution in [0, 0.1) is 0 Å². The third-order valence-electron chi connectivity index (χ3n) is 1.51. The maximum Gasteiger partial charge on any atom is 0.343 e. The van der Waals surface area contributed by atoms with E-state index in [4.69, 9.17) is 11.5 Å². The predicted octanol–water partition coefficient (Wildman–Crippen LogP) is -0.431. The van der Waals surface area contributed by atoms with Gasteiger partial charge in [0.05, 0.1) is 12.8 Å². The van der Waals surface area contributed by atoms with Gasteiger partial charge in [-0.3, -0.25) is 0 Å². The molecular weight excluding hydrogens is 188 g/mol. The monoisotopic (exact) mass is 198 g/mol. The Morgan fingerprint density at radius 3 is 2.71 bits per heavy atom. The molecule has 4 N–H and O–H groups in total. The van der Waals surface area contributed by atoms with Gasteiger partial charge in [-0.05, 0) is 6.92 Å². The zero-order chi connectivity index (χ0) is 10.7. The number of carbonyl (C=O) groups is 2. The lowest BCUT2D eigenvalue weighted by atomic mass is 10.3. The van der Waals surface area contributed by atoms with E-state index in [1.807, 2.05) is 0 Å². The maximum atomic E-state index is 11.2. The number of aromatic nitrogens is 2. The first-order valence-electron chi connectivity index (χ1n) is 3.88. The minimum atomic E-state index is -0.849. The second kappa shape index (κ2) is 3.77. The highest BCUT2D eigenvalue weighted by atomic mass is 16.5. The molecule has 14 heavy (non-hydrogen) atoms. The number of esters is 1. The molecule has 0 fully saturated rings. The zero-order valence-corrected chi connectivity index (χ0v) is 7.56. The Balaban J connectivity index is 3.00. The van der Waals surface area contributed by atoms with E-state index in [1.54, 1.807) is 6.92 Å². The van der Waals surface area contributed by atoms with Gasteiger partial charge in [-0.2, -0.15) is 9.78 Å². The summed E-state index contributed by atoms with van der Waals surface area (Å²) in [7, 11) is 0. The summed E-state index contributed by atoms with van der Waals surface area (Å²) in [4.78, 5) is 21.9. The van der Waals surface area contributed by atoms with Crippen molar-refractivity contribution in [3.63, 3.8) is 0 Å². The van der Waals surface area contributed by atoms with Gasteiger partial charge in [-0.25, -0.2) is 9.59 Å². The first-order valence-corrected chi connectivity index (χ1v) is 3.88. The molecule has 1 rings (SSSR count). The number of hydrogen-bond acceptors (Lipinski definition) is 5. The Kier molecular flexibility index (Phi) is 2.70. The normalized spacial score (nSPS) is 9.79. The molecule has 76 valence electrons. The van der Waals surface area contributed by atoms with E-state index < -0.39 is 12.0 Å². The summed E-state index contributed by atoms with van der Waals surface area (Å²) < 4.78 is 5.41. The van der Waals surface area contributed by atoms with Crippen LogP contribution in [0.25, 0.3) is 0 Å². The average molecular weight is 198 g/mol. The van der Waals surface area contributed by atoms with Crippen LogP contribution in [0.4, 0.5) is 10.6 Å². The van der Waals surface area contributed by atoms with E-state index in [0.29, 0.717) is 0 Å². The number of ether oxygens (including phenoxy) is 1. The van der Waals surface area contributed by atoms with Crippen LogP contribution in [0.3, 0.4) is 0 Å². The molecule has 0 atom stereocenters. The molecule has 0 aliphatic heterocycles. The van der Waals surface area contributed by atoms with Crippen LogP contribution in [-0.4, -0.2) is 28.4 Å². The number of primary amides is 1. The number of amides is 1. The van der Waals surface area contributed by atoms with Gasteiger partial charge in [0.2, 0.25) is 0 Å². The molecule has 1 heterocycles. The summed E-state index contributed by atoms with van der Waals surface area (Å²) in [5, 5.41) is 3.53. The first-order chi connectivity index (χ1) is 6.57. The topological polar surface area (TPSA) is 113 Å². The third-order valence-corrected chi connectivity index (χ3v) is 1.51. The first kappa shape index (κ1) is 10.0. The number of rotatable bonds is 2. The summed E-state index contributed by atoms with van der Waals surface area (Å²) in [6, 6.07) is -0.849. The number of nitrogen functional groups attached to an aromatic ring is 1. The van der Waals surface area contributed by atoms with E-state index in [1.165, 1.54) is 0 Å². The van der Waals surface area contributed by atoms with Gasteiger partial charge in [0, 0.05) is 0 Å². The van der Waals surface area contributed by atoms with Crippen molar-refractivity contribution in [1.82, 2.24) is 9.78 Å². The van der Waals surface area contributed by atoms with E-state index in [0.717, 1.165) is 10.9 Å². The average Bonchev–Trinajstić information content (AvgIpc) is 2.47. The van der Waals surface area contributed by atoms with E-state index >= 15 is 0 Å². The molecule has 0 aliphatic rings. The molecule has 0 spiro atoms. The Labute approximate surface area is 79.6 Å². The van der Waals surface area contributed by atoms with Crippen LogP contribution >= 0.6 is 0 Å². The molecule has 0 saturated heterocycles. The predicted molar refractivity (Wildman–Crippen MR) is 47.6 cm³/mol. The summed E-state index contributed by atoms with van der Waals surface area (Å²) in [6.45, 7) is 1.88. The van der Waals surface area contributed by atoms with E-state index in [2.05, 4.69) is 9.84 Å². The van der Waals surface area contributed by atoms with Crippen molar-refractivity contribution in [2.45, 2.75) is 6.92 Å². The summed E-state index contributed by atoms with van der Waals surface area (Å²) >= 11 is 0.